The number of halogens is 1. The van der Waals surface area contributed by atoms with Crippen molar-refractivity contribution in [1.82, 2.24) is 10.2 Å². The van der Waals surface area contributed by atoms with Gasteiger partial charge in [0.1, 0.15) is 5.82 Å². The van der Waals surface area contributed by atoms with Crippen LogP contribution in [0.15, 0.2) is 48.5 Å². The molecule has 2 aliphatic rings. The van der Waals surface area contributed by atoms with Gasteiger partial charge in [-0.05, 0) is 67.0 Å². The lowest BCUT2D eigenvalue weighted by atomic mass is 9.88. The average Bonchev–Trinajstić information content (AvgIpc) is 3.20. The first-order valence-electron chi connectivity index (χ1n) is 11.9. The standard InChI is InChI=1S/C27H33FN2O3/c1-19(2)17-25(31)30-15-13-27(14-16-30)12-11-24(33-27)18-29-26(32)22-5-3-20(4-6-22)21-7-9-23(28)10-8-21/h3-10,19,24H,11-18H2,1-2H3,(H,29,32)/t24-/m0/s1. The maximum absolute atomic E-state index is 13.1. The fourth-order valence-electron chi connectivity index (χ4n) is 4.81. The van der Waals surface area contributed by atoms with Crippen LogP contribution >= 0.6 is 0 Å². The van der Waals surface area contributed by atoms with E-state index >= 15 is 0 Å². The Balaban J connectivity index is 1.24. The second-order valence-electron chi connectivity index (χ2n) is 9.73. The summed E-state index contributed by atoms with van der Waals surface area (Å²) in [7, 11) is 0. The highest BCUT2D eigenvalue weighted by Gasteiger charge is 2.43. The van der Waals surface area contributed by atoms with Crippen LogP contribution in [0.25, 0.3) is 11.1 Å². The third kappa shape index (κ3) is 5.80. The van der Waals surface area contributed by atoms with Gasteiger partial charge in [-0.15, -0.1) is 0 Å². The number of amides is 2. The SMILES string of the molecule is CC(C)CC(=O)N1CCC2(CC[C@@H](CNC(=O)c3ccc(-c4ccc(F)cc4)cc3)O2)CC1. The van der Waals surface area contributed by atoms with Gasteiger partial charge < -0.3 is 15.0 Å². The van der Waals surface area contributed by atoms with E-state index in [1.54, 1.807) is 24.3 Å². The Kier molecular flexibility index (Phi) is 7.13. The molecule has 1 N–H and O–H groups in total. The van der Waals surface area contributed by atoms with E-state index in [1.807, 2.05) is 17.0 Å². The van der Waals surface area contributed by atoms with E-state index in [-0.39, 0.29) is 29.3 Å². The quantitative estimate of drug-likeness (QED) is 0.684. The molecule has 0 aliphatic carbocycles. The number of likely N-dealkylation sites (tertiary alicyclic amines) is 1. The summed E-state index contributed by atoms with van der Waals surface area (Å²) in [5, 5.41) is 3.00. The molecule has 0 radical (unpaired) electrons. The second-order valence-corrected chi connectivity index (χ2v) is 9.73. The lowest BCUT2D eigenvalue weighted by Crippen LogP contribution is -2.47. The fourth-order valence-corrected chi connectivity index (χ4v) is 4.81. The predicted octanol–water partition coefficient (Wildman–Crippen LogP) is 4.81. The molecule has 6 heteroatoms. The summed E-state index contributed by atoms with van der Waals surface area (Å²) in [5.41, 5.74) is 2.28. The Morgan fingerprint density at radius 2 is 1.64 bits per heavy atom. The highest BCUT2D eigenvalue weighted by atomic mass is 19.1. The third-order valence-corrected chi connectivity index (χ3v) is 6.76. The van der Waals surface area contributed by atoms with Gasteiger partial charge in [0.05, 0.1) is 11.7 Å². The van der Waals surface area contributed by atoms with E-state index in [0.29, 0.717) is 24.4 Å². The van der Waals surface area contributed by atoms with E-state index in [0.717, 1.165) is 49.9 Å². The molecule has 0 unspecified atom stereocenters. The van der Waals surface area contributed by atoms with Gasteiger partial charge in [-0.2, -0.15) is 0 Å². The van der Waals surface area contributed by atoms with E-state index in [2.05, 4.69) is 19.2 Å². The molecule has 2 fully saturated rings. The van der Waals surface area contributed by atoms with Gasteiger partial charge in [-0.25, -0.2) is 4.39 Å². The molecule has 0 saturated carbocycles. The molecule has 5 nitrogen and oxygen atoms in total. The first-order chi connectivity index (χ1) is 15.8. The van der Waals surface area contributed by atoms with E-state index in [9.17, 15) is 14.0 Å². The maximum atomic E-state index is 13.1. The Morgan fingerprint density at radius 3 is 2.24 bits per heavy atom. The molecule has 0 bridgehead atoms. The first kappa shape index (κ1) is 23.4. The van der Waals surface area contributed by atoms with Crippen LogP contribution in [0.5, 0.6) is 0 Å². The Hall–Kier alpha value is -2.73. The Morgan fingerprint density at radius 1 is 1.03 bits per heavy atom. The van der Waals surface area contributed by atoms with Crippen molar-refractivity contribution in [2.24, 2.45) is 5.92 Å². The van der Waals surface area contributed by atoms with Crippen LogP contribution in [0.3, 0.4) is 0 Å². The lowest BCUT2D eigenvalue weighted by molar-refractivity contribution is -0.138. The lowest BCUT2D eigenvalue weighted by Gasteiger charge is -2.39. The third-order valence-electron chi connectivity index (χ3n) is 6.76. The number of benzene rings is 2. The van der Waals surface area contributed by atoms with Crippen LogP contribution in [-0.4, -0.2) is 48.1 Å². The van der Waals surface area contributed by atoms with Gasteiger partial charge in [0.15, 0.2) is 0 Å². The van der Waals surface area contributed by atoms with E-state index in [1.165, 1.54) is 12.1 Å². The van der Waals surface area contributed by atoms with Crippen molar-refractivity contribution < 1.29 is 18.7 Å². The smallest absolute Gasteiger partial charge is 0.251 e. The molecule has 2 aliphatic heterocycles. The van der Waals surface area contributed by atoms with Gasteiger partial charge in [0, 0.05) is 31.6 Å². The normalized spacial score (nSPS) is 19.8. The number of hydrogen-bond acceptors (Lipinski definition) is 3. The molecule has 1 spiro atoms. The van der Waals surface area contributed by atoms with Crippen molar-refractivity contribution in [3.63, 3.8) is 0 Å². The largest absolute Gasteiger partial charge is 0.370 e. The average molecular weight is 453 g/mol. The predicted molar refractivity (Wildman–Crippen MR) is 126 cm³/mol. The van der Waals surface area contributed by atoms with Crippen LogP contribution in [-0.2, 0) is 9.53 Å². The number of nitrogens with one attached hydrogen (secondary N) is 1. The summed E-state index contributed by atoms with van der Waals surface area (Å²) in [5.74, 6) is 0.227. The van der Waals surface area contributed by atoms with E-state index in [4.69, 9.17) is 4.74 Å². The van der Waals surface area contributed by atoms with Crippen molar-refractivity contribution in [2.45, 2.75) is 57.7 Å². The van der Waals surface area contributed by atoms with Gasteiger partial charge in [0.2, 0.25) is 5.91 Å². The summed E-state index contributed by atoms with van der Waals surface area (Å²) in [6.07, 6.45) is 4.24. The first-order valence-corrected chi connectivity index (χ1v) is 11.9. The summed E-state index contributed by atoms with van der Waals surface area (Å²) < 4.78 is 19.5. The van der Waals surface area contributed by atoms with Crippen molar-refractivity contribution in [1.29, 1.82) is 0 Å². The zero-order valence-corrected chi connectivity index (χ0v) is 19.5. The number of hydrogen-bond donors (Lipinski definition) is 1. The van der Waals surface area contributed by atoms with Gasteiger partial charge in [-0.1, -0.05) is 38.1 Å². The maximum Gasteiger partial charge on any atom is 0.251 e. The minimum absolute atomic E-state index is 0.00496. The van der Waals surface area contributed by atoms with Crippen molar-refractivity contribution in [3.8, 4) is 11.1 Å². The van der Waals surface area contributed by atoms with Gasteiger partial charge >= 0.3 is 0 Å². The van der Waals surface area contributed by atoms with Gasteiger partial charge in [0.25, 0.3) is 5.91 Å². The topological polar surface area (TPSA) is 58.6 Å². The number of ether oxygens (including phenoxy) is 1. The number of nitrogens with zero attached hydrogens (tertiary/aromatic N) is 1. The van der Waals surface area contributed by atoms with Crippen molar-refractivity contribution in [3.05, 3.63) is 59.9 Å². The summed E-state index contributed by atoms with van der Waals surface area (Å²) >= 11 is 0. The molecule has 33 heavy (non-hydrogen) atoms. The zero-order valence-electron chi connectivity index (χ0n) is 19.5. The number of rotatable bonds is 6. The molecular formula is C27H33FN2O3. The molecular weight excluding hydrogens is 419 g/mol. The Labute approximate surface area is 195 Å². The number of carbonyl (C=O) groups is 2. The summed E-state index contributed by atoms with van der Waals surface area (Å²) in [4.78, 5) is 26.9. The van der Waals surface area contributed by atoms with Crippen LogP contribution in [0, 0.1) is 11.7 Å². The van der Waals surface area contributed by atoms with Gasteiger partial charge in [-0.3, -0.25) is 9.59 Å². The molecule has 4 rings (SSSR count). The molecule has 2 heterocycles. The Bertz CT molecular complexity index is 964. The van der Waals surface area contributed by atoms with E-state index < -0.39 is 0 Å². The highest BCUT2D eigenvalue weighted by molar-refractivity contribution is 5.94. The highest BCUT2D eigenvalue weighted by Crippen LogP contribution is 2.39. The number of carbonyl (C=O) groups excluding carboxylic acids is 2. The molecule has 1 atom stereocenters. The molecule has 2 saturated heterocycles. The minimum atomic E-state index is -0.268. The van der Waals surface area contributed by atoms with Crippen LogP contribution in [0.2, 0.25) is 0 Å². The fraction of sp³-hybridized carbons (Fsp3) is 0.481. The molecule has 2 aromatic rings. The second kappa shape index (κ2) is 10.0. The van der Waals surface area contributed by atoms with Crippen LogP contribution in [0.4, 0.5) is 4.39 Å². The molecule has 2 aromatic carbocycles. The van der Waals surface area contributed by atoms with Crippen LogP contribution < -0.4 is 5.32 Å². The van der Waals surface area contributed by atoms with Crippen LogP contribution in [0.1, 0.15) is 56.3 Å². The van der Waals surface area contributed by atoms with Crippen molar-refractivity contribution in [2.75, 3.05) is 19.6 Å². The molecule has 0 aromatic heterocycles. The summed E-state index contributed by atoms with van der Waals surface area (Å²) in [6, 6.07) is 13.6. The number of piperidine rings is 1. The summed E-state index contributed by atoms with van der Waals surface area (Å²) in [6.45, 7) is 6.14. The molecule has 176 valence electrons. The monoisotopic (exact) mass is 452 g/mol. The molecule has 2 amide bonds. The minimum Gasteiger partial charge on any atom is -0.370 e. The zero-order chi connectivity index (χ0) is 23.4. The van der Waals surface area contributed by atoms with Crippen molar-refractivity contribution >= 4 is 11.8 Å².